The molecule has 0 aromatic carbocycles. The summed E-state index contributed by atoms with van der Waals surface area (Å²) in [7, 11) is 0. The van der Waals surface area contributed by atoms with Crippen LogP contribution in [0.5, 0.6) is 0 Å². The summed E-state index contributed by atoms with van der Waals surface area (Å²) >= 11 is 0. The standard InChI is InChI=1S/C12H21N3/c1-3-15-9-12(8-14-15)7-13-10(2)6-11-4-5-11/h8-11,13H,3-7H2,1-2H3. The summed E-state index contributed by atoms with van der Waals surface area (Å²) < 4.78 is 1.97. The van der Waals surface area contributed by atoms with E-state index in [0.29, 0.717) is 6.04 Å². The maximum Gasteiger partial charge on any atom is 0.0534 e. The zero-order chi connectivity index (χ0) is 10.7. The number of aryl methyl sites for hydroxylation is 1. The first-order chi connectivity index (χ1) is 7.28. The highest BCUT2D eigenvalue weighted by Crippen LogP contribution is 2.33. The van der Waals surface area contributed by atoms with Crippen LogP contribution in [0.15, 0.2) is 12.4 Å². The van der Waals surface area contributed by atoms with E-state index in [1.165, 1.54) is 24.8 Å². The van der Waals surface area contributed by atoms with Gasteiger partial charge in [-0.1, -0.05) is 12.8 Å². The van der Waals surface area contributed by atoms with Crippen molar-refractivity contribution < 1.29 is 0 Å². The van der Waals surface area contributed by atoms with Crippen molar-refractivity contribution in [1.82, 2.24) is 15.1 Å². The monoisotopic (exact) mass is 207 g/mol. The van der Waals surface area contributed by atoms with E-state index in [0.717, 1.165) is 19.0 Å². The molecule has 1 aliphatic carbocycles. The SMILES string of the molecule is CCn1cc(CNC(C)CC2CC2)cn1. The molecular weight excluding hydrogens is 186 g/mol. The van der Waals surface area contributed by atoms with Gasteiger partial charge in [0.25, 0.3) is 0 Å². The van der Waals surface area contributed by atoms with Gasteiger partial charge in [-0.25, -0.2) is 0 Å². The summed E-state index contributed by atoms with van der Waals surface area (Å²) in [6, 6.07) is 0.641. The van der Waals surface area contributed by atoms with Gasteiger partial charge in [0.15, 0.2) is 0 Å². The molecule has 3 heteroatoms. The maximum atomic E-state index is 4.26. The maximum absolute atomic E-state index is 4.26. The molecule has 1 aliphatic rings. The molecule has 1 heterocycles. The van der Waals surface area contributed by atoms with Gasteiger partial charge >= 0.3 is 0 Å². The van der Waals surface area contributed by atoms with Crippen molar-refractivity contribution in [3.63, 3.8) is 0 Å². The van der Waals surface area contributed by atoms with Gasteiger partial charge in [-0.05, 0) is 26.2 Å². The van der Waals surface area contributed by atoms with Gasteiger partial charge in [-0.15, -0.1) is 0 Å². The molecule has 1 unspecified atom stereocenters. The molecule has 0 amide bonds. The Bertz CT molecular complexity index is 302. The van der Waals surface area contributed by atoms with Crippen molar-refractivity contribution in [2.24, 2.45) is 5.92 Å². The average molecular weight is 207 g/mol. The van der Waals surface area contributed by atoms with Crippen LogP contribution in [0, 0.1) is 5.92 Å². The number of nitrogens with zero attached hydrogens (tertiary/aromatic N) is 2. The van der Waals surface area contributed by atoms with Gasteiger partial charge in [-0.2, -0.15) is 5.10 Å². The third-order valence-electron chi connectivity index (χ3n) is 3.05. The van der Waals surface area contributed by atoms with Gasteiger partial charge in [-0.3, -0.25) is 4.68 Å². The van der Waals surface area contributed by atoms with Gasteiger partial charge in [0.1, 0.15) is 0 Å². The summed E-state index contributed by atoms with van der Waals surface area (Å²) in [5, 5.41) is 7.82. The zero-order valence-electron chi connectivity index (χ0n) is 9.74. The van der Waals surface area contributed by atoms with Crippen LogP contribution in [-0.2, 0) is 13.1 Å². The number of hydrogen-bond donors (Lipinski definition) is 1. The average Bonchev–Trinajstić information content (AvgIpc) is 2.92. The van der Waals surface area contributed by atoms with E-state index in [1.54, 1.807) is 0 Å². The zero-order valence-corrected chi connectivity index (χ0v) is 9.74. The lowest BCUT2D eigenvalue weighted by molar-refractivity contribution is 0.487. The summed E-state index contributed by atoms with van der Waals surface area (Å²) in [5.41, 5.74) is 1.29. The van der Waals surface area contributed by atoms with Gasteiger partial charge in [0.2, 0.25) is 0 Å². The third-order valence-corrected chi connectivity index (χ3v) is 3.05. The van der Waals surface area contributed by atoms with E-state index >= 15 is 0 Å². The highest BCUT2D eigenvalue weighted by atomic mass is 15.3. The minimum atomic E-state index is 0.641. The van der Waals surface area contributed by atoms with Crippen molar-refractivity contribution in [2.45, 2.75) is 52.2 Å². The van der Waals surface area contributed by atoms with Crippen LogP contribution in [0.3, 0.4) is 0 Å². The summed E-state index contributed by atoms with van der Waals surface area (Å²) in [5.74, 6) is 1.01. The molecule has 15 heavy (non-hydrogen) atoms. The van der Waals surface area contributed by atoms with Crippen LogP contribution in [-0.4, -0.2) is 15.8 Å². The highest BCUT2D eigenvalue weighted by Gasteiger charge is 2.23. The lowest BCUT2D eigenvalue weighted by Gasteiger charge is -2.11. The van der Waals surface area contributed by atoms with Crippen molar-refractivity contribution in [3.8, 4) is 0 Å². The highest BCUT2D eigenvalue weighted by molar-refractivity contribution is 5.03. The van der Waals surface area contributed by atoms with Crippen molar-refractivity contribution in [1.29, 1.82) is 0 Å². The Morgan fingerprint density at radius 3 is 3.00 bits per heavy atom. The Labute approximate surface area is 91.9 Å². The lowest BCUT2D eigenvalue weighted by Crippen LogP contribution is -2.25. The number of aromatic nitrogens is 2. The predicted molar refractivity (Wildman–Crippen MR) is 61.5 cm³/mol. The fourth-order valence-electron chi connectivity index (χ4n) is 1.90. The van der Waals surface area contributed by atoms with Crippen LogP contribution >= 0.6 is 0 Å². The Kier molecular flexibility index (Phi) is 3.41. The molecule has 84 valence electrons. The molecule has 0 bridgehead atoms. The van der Waals surface area contributed by atoms with E-state index < -0.39 is 0 Å². The second-order valence-corrected chi connectivity index (χ2v) is 4.67. The molecule has 0 saturated heterocycles. The minimum absolute atomic E-state index is 0.641. The number of hydrogen-bond acceptors (Lipinski definition) is 2. The first-order valence-electron chi connectivity index (χ1n) is 6.02. The van der Waals surface area contributed by atoms with Gasteiger partial charge in [0.05, 0.1) is 6.20 Å². The quantitative estimate of drug-likeness (QED) is 0.775. The van der Waals surface area contributed by atoms with E-state index in [-0.39, 0.29) is 0 Å². The molecule has 0 spiro atoms. The van der Waals surface area contributed by atoms with E-state index in [4.69, 9.17) is 0 Å². The fraction of sp³-hybridized carbons (Fsp3) is 0.750. The minimum Gasteiger partial charge on any atom is -0.310 e. The molecule has 1 atom stereocenters. The van der Waals surface area contributed by atoms with Gasteiger partial charge in [0, 0.05) is 30.9 Å². The predicted octanol–water partition coefficient (Wildman–Crippen LogP) is 2.18. The lowest BCUT2D eigenvalue weighted by atomic mass is 10.1. The largest absolute Gasteiger partial charge is 0.310 e. The first-order valence-corrected chi connectivity index (χ1v) is 6.02. The fourth-order valence-corrected chi connectivity index (χ4v) is 1.90. The smallest absolute Gasteiger partial charge is 0.0534 e. The Hall–Kier alpha value is -0.830. The van der Waals surface area contributed by atoms with Crippen molar-refractivity contribution in [3.05, 3.63) is 18.0 Å². The first kappa shape index (κ1) is 10.7. The van der Waals surface area contributed by atoms with Crippen LogP contribution in [0.1, 0.15) is 38.7 Å². The summed E-state index contributed by atoms with van der Waals surface area (Å²) in [6.45, 7) is 6.30. The second-order valence-electron chi connectivity index (χ2n) is 4.67. The molecule has 1 aromatic rings. The van der Waals surface area contributed by atoms with Crippen LogP contribution in [0.4, 0.5) is 0 Å². The molecule has 0 radical (unpaired) electrons. The number of nitrogens with one attached hydrogen (secondary N) is 1. The number of rotatable bonds is 6. The Morgan fingerprint density at radius 2 is 2.40 bits per heavy atom. The van der Waals surface area contributed by atoms with Crippen LogP contribution in [0.25, 0.3) is 0 Å². The topological polar surface area (TPSA) is 29.9 Å². The third kappa shape index (κ3) is 3.34. The summed E-state index contributed by atoms with van der Waals surface area (Å²) in [4.78, 5) is 0. The Balaban J connectivity index is 1.71. The normalized spacial score (nSPS) is 18.0. The van der Waals surface area contributed by atoms with E-state index in [2.05, 4.69) is 30.5 Å². The molecule has 1 N–H and O–H groups in total. The van der Waals surface area contributed by atoms with Crippen molar-refractivity contribution >= 4 is 0 Å². The van der Waals surface area contributed by atoms with Crippen molar-refractivity contribution in [2.75, 3.05) is 0 Å². The van der Waals surface area contributed by atoms with E-state index in [1.807, 2.05) is 10.9 Å². The molecule has 2 rings (SSSR count). The molecular formula is C12H21N3. The second kappa shape index (κ2) is 4.79. The molecule has 1 aromatic heterocycles. The summed E-state index contributed by atoms with van der Waals surface area (Å²) in [6.07, 6.45) is 8.30. The Morgan fingerprint density at radius 1 is 1.60 bits per heavy atom. The molecule has 0 aliphatic heterocycles. The van der Waals surface area contributed by atoms with Crippen LogP contribution < -0.4 is 5.32 Å². The van der Waals surface area contributed by atoms with Gasteiger partial charge < -0.3 is 5.32 Å². The van der Waals surface area contributed by atoms with Crippen LogP contribution in [0.2, 0.25) is 0 Å². The molecule has 1 saturated carbocycles. The van der Waals surface area contributed by atoms with E-state index in [9.17, 15) is 0 Å². The molecule has 3 nitrogen and oxygen atoms in total. The molecule has 1 fully saturated rings.